The fourth-order valence-corrected chi connectivity index (χ4v) is 2.49. The molecule has 1 unspecified atom stereocenters. The van der Waals surface area contributed by atoms with Crippen LogP contribution in [-0.4, -0.2) is 47.2 Å². The van der Waals surface area contributed by atoms with E-state index in [0.717, 1.165) is 19.5 Å². The van der Waals surface area contributed by atoms with Crippen molar-refractivity contribution in [3.05, 3.63) is 0 Å². The average molecular weight is 242 g/mol. The zero-order valence-electron chi connectivity index (χ0n) is 11.5. The molecule has 1 atom stereocenters. The molecule has 0 aromatic carbocycles. The summed E-state index contributed by atoms with van der Waals surface area (Å²) in [6.07, 6.45) is 1.47. The van der Waals surface area contributed by atoms with Gasteiger partial charge in [0.2, 0.25) is 5.91 Å². The molecule has 0 saturated carbocycles. The molecular weight excluding hydrogens is 216 g/mol. The molecule has 1 aliphatic heterocycles. The van der Waals surface area contributed by atoms with Crippen molar-refractivity contribution in [2.75, 3.05) is 19.7 Å². The summed E-state index contributed by atoms with van der Waals surface area (Å²) in [4.78, 5) is 14.3. The topological polar surface area (TPSA) is 52.6 Å². The van der Waals surface area contributed by atoms with Crippen LogP contribution in [0.15, 0.2) is 0 Å². The number of carbonyl (C=O) groups is 1. The third kappa shape index (κ3) is 3.68. The molecule has 4 nitrogen and oxygen atoms in total. The molecule has 1 fully saturated rings. The highest BCUT2D eigenvalue weighted by molar-refractivity contribution is 5.82. The first kappa shape index (κ1) is 14.5. The summed E-state index contributed by atoms with van der Waals surface area (Å²) in [6, 6.07) is -0.195. The minimum Gasteiger partial charge on any atom is -0.396 e. The Morgan fingerprint density at radius 1 is 1.53 bits per heavy atom. The number of hydrogen-bond donors (Lipinski definition) is 2. The van der Waals surface area contributed by atoms with Gasteiger partial charge in [0, 0.05) is 25.2 Å². The third-order valence-corrected chi connectivity index (χ3v) is 3.46. The normalized spacial score (nSPS) is 25.8. The van der Waals surface area contributed by atoms with Crippen molar-refractivity contribution >= 4 is 5.91 Å². The largest absolute Gasteiger partial charge is 0.396 e. The van der Waals surface area contributed by atoms with E-state index < -0.39 is 0 Å². The molecule has 17 heavy (non-hydrogen) atoms. The Labute approximate surface area is 104 Å². The van der Waals surface area contributed by atoms with Gasteiger partial charge in [-0.05, 0) is 32.6 Å². The predicted octanol–water partition coefficient (Wildman–Crippen LogP) is 0.994. The van der Waals surface area contributed by atoms with Crippen LogP contribution in [-0.2, 0) is 4.79 Å². The Hall–Kier alpha value is -0.610. The molecule has 1 rings (SSSR count). The average Bonchev–Trinajstić information content (AvgIpc) is 2.30. The number of nitrogens with zero attached hydrogens (tertiary/aromatic N) is 1. The molecule has 0 bridgehead atoms. The second-order valence-electron chi connectivity index (χ2n) is 5.93. The molecule has 2 N–H and O–H groups in total. The van der Waals surface area contributed by atoms with E-state index in [0.29, 0.717) is 12.3 Å². The van der Waals surface area contributed by atoms with Crippen molar-refractivity contribution in [3.8, 4) is 0 Å². The van der Waals surface area contributed by atoms with Gasteiger partial charge in [0.05, 0.1) is 6.04 Å². The Morgan fingerprint density at radius 2 is 2.18 bits per heavy atom. The molecule has 0 radical (unpaired) electrons. The standard InChI is InChI=1S/C13H26N2O2/c1-10(2)9-15-11(5-8-16)12(17)14-7-6-13(15,3)4/h10-11,16H,5-9H2,1-4H3,(H,14,17). The summed E-state index contributed by atoms with van der Waals surface area (Å²) >= 11 is 0. The van der Waals surface area contributed by atoms with Crippen LogP contribution in [0.2, 0.25) is 0 Å². The maximum Gasteiger partial charge on any atom is 0.237 e. The number of amides is 1. The smallest absolute Gasteiger partial charge is 0.237 e. The van der Waals surface area contributed by atoms with Crippen LogP contribution in [0.5, 0.6) is 0 Å². The van der Waals surface area contributed by atoms with E-state index in [9.17, 15) is 4.79 Å². The lowest BCUT2D eigenvalue weighted by atomic mass is 9.94. The fourth-order valence-electron chi connectivity index (χ4n) is 2.49. The quantitative estimate of drug-likeness (QED) is 0.773. The molecule has 0 aromatic rings. The van der Waals surface area contributed by atoms with Crippen LogP contribution in [0.4, 0.5) is 0 Å². The van der Waals surface area contributed by atoms with Crippen LogP contribution < -0.4 is 5.32 Å². The first-order valence-electron chi connectivity index (χ1n) is 6.54. The van der Waals surface area contributed by atoms with E-state index in [-0.39, 0.29) is 24.1 Å². The predicted molar refractivity (Wildman–Crippen MR) is 68.7 cm³/mol. The lowest BCUT2D eigenvalue weighted by molar-refractivity contribution is -0.128. The maximum atomic E-state index is 12.0. The monoisotopic (exact) mass is 242 g/mol. The van der Waals surface area contributed by atoms with Gasteiger partial charge < -0.3 is 10.4 Å². The molecule has 0 aromatic heterocycles. The fraction of sp³-hybridized carbons (Fsp3) is 0.923. The lowest BCUT2D eigenvalue weighted by Gasteiger charge is -2.41. The minimum atomic E-state index is -0.195. The number of rotatable bonds is 4. The molecule has 1 amide bonds. The molecule has 1 saturated heterocycles. The zero-order chi connectivity index (χ0) is 13.1. The van der Waals surface area contributed by atoms with Crippen molar-refractivity contribution in [1.29, 1.82) is 0 Å². The van der Waals surface area contributed by atoms with Gasteiger partial charge in [-0.2, -0.15) is 0 Å². The van der Waals surface area contributed by atoms with Crippen LogP contribution in [0.1, 0.15) is 40.5 Å². The van der Waals surface area contributed by atoms with Crippen molar-refractivity contribution in [2.45, 2.75) is 52.1 Å². The lowest BCUT2D eigenvalue weighted by Crippen LogP contribution is -2.54. The summed E-state index contributed by atoms with van der Waals surface area (Å²) < 4.78 is 0. The van der Waals surface area contributed by atoms with Gasteiger partial charge in [-0.1, -0.05) is 13.8 Å². The van der Waals surface area contributed by atoms with Crippen LogP contribution >= 0.6 is 0 Å². The highest BCUT2D eigenvalue weighted by Gasteiger charge is 2.38. The third-order valence-electron chi connectivity index (χ3n) is 3.46. The summed E-state index contributed by atoms with van der Waals surface area (Å²) in [5, 5.41) is 12.1. The van der Waals surface area contributed by atoms with Crippen molar-refractivity contribution in [3.63, 3.8) is 0 Å². The first-order chi connectivity index (χ1) is 7.88. The minimum absolute atomic E-state index is 0.00324. The van der Waals surface area contributed by atoms with Crippen molar-refractivity contribution in [1.82, 2.24) is 10.2 Å². The van der Waals surface area contributed by atoms with Gasteiger partial charge in [0.25, 0.3) is 0 Å². The molecule has 0 spiro atoms. The highest BCUT2D eigenvalue weighted by Crippen LogP contribution is 2.26. The second-order valence-corrected chi connectivity index (χ2v) is 5.93. The Bertz CT molecular complexity index is 264. The number of aliphatic hydroxyl groups is 1. The Morgan fingerprint density at radius 3 is 2.71 bits per heavy atom. The van der Waals surface area contributed by atoms with Gasteiger partial charge in [0.1, 0.15) is 0 Å². The van der Waals surface area contributed by atoms with Gasteiger partial charge in [0.15, 0.2) is 0 Å². The summed E-state index contributed by atoms with van der Waals surface area (Å²) in [5.74, 6) is 0.576. The summed E-state index contributed by atoms with van der Waals surface area (Å²) in [7, 11) is 0. The van der Waals surface area contributed by atoms with Gasteiger partial charge in [-0.15, -0.1) is 0 Å². The molecule has 100 valence electrons. The number of carbonyl (C=O) groups excluding carboxylic acids is 1. The van der Waals surface area contributed by atoms with E-state index in [1.54, 1.807) is 0 Å². The number of aliphatic hydroxyl groups excluding tert-OH is 1. The number of nitrogens with one attached hydrogen (secondary N) is 1. The first-order valence-corrected chi connectivity index (χ1v) is 6.54. The van der Waals surface area contributed by atoms with Crippen LogP contribution in [0.3, 0.4) is 0 Å². The van der Waals surface area contributed by atoms with E-state index in [2.05, 4.69) is 37.9 Å². The van der Waals surface area contributed by atoms with Crippen molar-refractivity contribution in [2.24, 2.45) is 5.92 Å². The molecular formula is C13H26N2O2. The summed E-state index contributed by atoms with van der Waals surface area (Å²) in [5.41, 5.74) is 0.00324. The maximum absolute atomic E-state index is 12.0. The van der Waals surface area contributed by atoms with E-state index in [1.807, 2.05) is 0 Å². The Kier molecular flexibility index (Phi) is 4.95. The molecule has 4 heteroatoms. The van der Waals surface area contributed by atoms with Gasteiger partial charge in [-0.3, -0.25) is 9.69 Å². The Balaban J connectivity index is 2.93. The summed E-state index contributed by atoms with van der Waals surface area (Å²) in [6.45, 7) is 10.4. The van der Waals surface area contributed by atoms with Gasteiger partial charge >= 0.3 is 0 Å². The zero-order valence-corrected chi connectivity index (χ0v) is 11.5. The molecule has 1 aliphatic rings. The van der Waals surface area contributed by atoms with E-state index >= 15 is 0 Å². The molecule has 1 heterocycles. The van der Waals surface area contributed by atoms with Crippen LogP contribution in [0, 0.1) is 5.92 Å². The number of hydrogen-bond acceptors (Lipinski definition) is 3. The highest BCUT2D eigenvalue weighted by atomic mass is 16.3. The van der Waals surface area contributed by atoms with E-state index in [1.165, 1.54) is 0 Å². The van der Waals surface area contributed by atoms with E-state index in [4.69, 9.17) is 5.11 Å². The van der Waals surface area contributed by atoms with Crippen molar-refractivity contribution < 1.29 is 9.90 Å². The second kappa shape index (κ2) is 5.83. The molecule has 0 aliphatic carbocycles. The SMILES string of the molecule is CC(C)CN1C(CCO)C(=O)NCCC1(C)C. The van der Waals surface area contributed by atoms with Gasteiger partial charge in [-0.25, -0.2) is 0 Å². The van der Waals surface area contributed by atoms with Crippen LogP contribution in [0.25, 0.3) is 0 Å².